The van der Waals surface area contributed by atoms with Gasteiger partial charge in [-0.1, -0.05) is 79.6 Å². The van der Waals surface area contributed by atoms with Gasteiger partial charge in [0, 0.05) is 118 Å². The minimum Gasteiger partial charge on any atom is -0.508 e. The van der Waals surface area contributed by atoms with Gasteiger partial charge in [-0.15, -0.1) is 0 Å². The molecule has 20 fully saturated rings. The van der Waals surface area contributed by atoms with Crippen LogP contribution in [0.2, 0.25) is 0 Å². The molecule has 0 amide bonds. The van der Waals surface area contributed by atoms with E-state index in [0.29, 0.717) is 38.9 Å². The number of halogens is 5. The van der Waals surface area contributed by atoms with Crippen LogP contribution in [0, 0.1) is 99.6 Å². The zero-order valence-electron chi connectivity index (χ0n) is 73.5. The zero-order chi connectivity index (χ0) is 85.4. The lowest BCUT2D eigenvalue weighted by molar-refractivity contribution is -0.0824. The number of aliphatic hydroxyl groups is 6. The first-order valence-electron chi connectivity index (χ1n) is 44.7. The molecular weight excluding hydrogens is 1810 g/mol. The second-order valence-electron chi connectivity index (χ2n) is 39.2. The molecule has 20 bridgehead atoms. The summed E-state index contributed by atoms with van der Waals surface area (Å²) in [4.78, 5) is 7.76. The summed E-state index contributed by atoms with van der Waals surface area (Å²) in [6, 6.07) is 30.7. The molecule has 19 heteroatoms. The number of nitrogens with zero attached hydrogens (tertiary/aromatic N) is 3. The molecule has 118 heavy (non-hydrogen) atoms. The van der Waals surface area contributed by atoms with Gasteiger partial charge in [-0.05, 0) is 441 Å². The highest BCUT2D eigenvalue weighted by atomic mass is 79.9. The van der Waals surface area contributed by atoms with Crippen LogP contribution in [0.5, 0.6) is 28.7 Å². The summed E-state index contributed by atoms with van der Waals surface area (Å²) in [6.45, 7) is 2.71. The molecule has 0 heterocycles. The van der Waals surface area contributed by atoms with Crippen molar-refractivity contribution in [3.05, 3.63) is 141 Å². The van der Waals surface area contributed by atoms with Gasteiger partial charge in [-0.3, -0.25) is 14.7 Å². The molecule has 0 spiro atoms. The van der Waals surface area contributed by atoms with Crippen LogP contribution in [0.4, 0.5) is 0 Å². The highest BCUT2D eigenvalue weighted by Crippen LogP contribution is 2.65. The Morgan fingerprint density at radius 1 is 0.271 bits per heavy atom. The summed E-state index contributed by atoms with van der Waals surface area (Å²) < 4.78 is 22.3. The molecular formula is C99H148Br5N3O11. The average Bonchev–Trinajstić information content (AvgIpc) is 0.758. The van der Waals surface area contributed by atoms with E-state index in [0.717, 1.165) is 193 Å². The van der Waals surface area contributed by atoms with Gasteiger partial charge in [0.15, 0.2) is 0 Å². The van der Waals surface area contributed by atoms with E-state index in [9.17, 15) is 10.2 Å². The van der Waals surface area contributed by atoms with E-state index in [1.165, 1.54) is 205 Å². The molecule has 20 aliphatic rings. The zero-order valence-corrected chi connectivity index (χ0v) is 81.4. The maximum Gasteiger partial charge on any atom is 0.123 e. The number of methoxy groups -OCH3 is 3. The standard InChI is InChI=1S/C19H26BrNO.2C19H25BrO.2C18H24BrNO.6CH4O/c1-21(12-16-8-17(20)3-4-18(16)22-2)19-9-13-5-14(10-19)7-15(6-13)11-19;2*1-21-18-3-2-17(20)9-16(18)4-5-19-10-13-6-14(11-19)8-15(7-13)12-19;2*1-20(11-15-7-16(19)2-3-17(15)21)18-8-12-4-13(9-18)6-14(5-12)10-18;6*1-2/h3-4,8,13-15H,5-7,9-12H2,1-2H3;2*2-3,9,13-15H,4-8,10-12H2,1H3;2*2-3,7,12-14,21H,4-6,8-11H2,1H3;6*2H,1H3. The van der Waals surface area contributed by atoms with Gasteiger partial charge < -0.3 is 55.1 Å². The van der Waals surface area contributed by atoms with Crippen LogP contribution >= 0.6 is 79.6 Å². The van der Waals surface area contributed by atoms with Crippen LogP contribution in [-0.2, 0) is 32.5 Å². The Labute approximate surface area is 752 Å². The smallest absolute Gasteiger partial charge is 0.123 e. The largest absolute Gasteiger partial charge is 0.508 e. The number of benzene rings is 5. The van der Waals surface area contributed by atoms with Crippen LogP contribution in [0.15, 0.2) is 113 Å². The number of hydrogen-bond acceptors (Lipinski definition) is 14. The Morgan fingerprint density at radius 2 is 0.449 bits per heavy atom. The highest BCUT2D eigenvalue weighted by molar-refractivity contribution is 9.11. The van der Waals surface area contributed by atoms with Gasteiger partial charge in [-0.25, -0.2) is 0 Å². The van der Waals surface area contributed by atoms with Crippen LogP contribution in [0.1, 0.15) is 233 Å². The molecule has 0 saturated heterocycles. The number of aromatic hydroxyl groups is 2. The van der Waals surface area contributed by atoms with Gasteiger partial charge in [0.05, 0.1) is 21.3 Å². The van der Waals surface area contributed by atoms with Crippen LogP contribution in [0.3, 0.4) is 0 Å². The van der Waals surface area contributed by atoms with Crippen LogP contribution in [0.25, 0.3) is 0 Å². The predicted octanol–water partition coefficient (Wildman–Crippen LogP) is 22.8. The van der Waals surface area contributed by atoms with Gasteiger partial charge in [0.1, 0.15) is 28.7 Å². The fourth-order valence-electron chi connectivity index (χ4n) is 29.0. The lowest BCUT2D eigenvalue weighted by atomic mass is 9.48. The third-order valence-corrected chi connectivity index (χ3v) is 34.1. The van der Waals surface area contributed by atoms with Crippen molar-refractivity contribution < 1.29 is 55.1 Å². The highest BCUT2D eigenvalue weighted by Gasteiger charge is 2.57. The van der Waals surface area contributed by atoms with Gasteiger partial charge in [0.25, 0.3) is 0 Å². The first-order valence-corrected chi connectivity index (χ1v) is 48.7. The van der Waals surface area contributed by atoms with E-state index in [1.54, 1.807) is 72.0 Å². The predicted molar refractivity (Wildman–Crippen MR) is 498 cm³/mol. The number of phenolic OH excluding ortho intramolecular Hbond substituents is 2. The monoisotopic (exact) mass is 1950 g/mol. The molecule has 660 valence electrons. The van der Waals surface area contributed by atoms with Crippen molar-refractivity contribution >= 4 is 79.6 Å². The first kappa shape index (κ1) is 97.3. The molecule has 20 saturated carbocycles. The molecule has 0 unspecified atom stereocenters. The molecule has 0 aromatic heterocycles. The molecule has 20 aliphatic carbocycles. The Bertz CT molecular complexity index is 3560. The quantitative estimate of drug-likeness (QED) is 0.0412. The van der Waals surface area contributed by atoms with Crippen LogP contribution < -0.4 is 14.2 Å². The summed E-state index contributed by atoms with van der Waals surface area (Å²) in [7, 11) is 18.2. The fraction of sp³-hybridized carbons (Fsp3) is 0.697. The topological polar surface area (TPSA) is 199 Å². The third kappa shape index (κ3) is 23.7. The molecule has 5 aromatic carbocycles. The maximum atomic E-state index is 10.1. The van der Waals surface area contributed by atoms with Crippen molar-refractivity contribution in [2.45, 2.75) is 255 Å². The van der Waals surface area contributed by atoms with E-state index in [2.05, 4.69) is 182 Å². The molecule has 8 N–H and O–H groups in total. The normalized spacial score (nSPS) is 33.5. The van der Waals surface area contributed by atoms with E-state index in [1.807, 2.05) is 12.1 Å². The second kappa shape index (κ2) is 44.5. The van der Waals surface area contributed by atoms with E-state index < -0.39 is 0 Å². The summed E-state index contributed by atoms with van der Waals surface area (Å²) in [5, 5.41) is 62.2. The summed E-state index contributed by atoms with van der Waals surface area (Å²) in [5.74, 6) is 19.1. The van der Waals surface area contributed by atoms with Crippen LogP contribution in [-0.4, -0.2) is 157 Å². The Kier molecular flexibility index (Phi) is 36.7. The molecule has 14 nitrogen and oxygen atoms in total. The van der Waals surface area contributed by atoms with Crippen molar-refractivity contribution in [2.24, 2.45) is 99.6 Å². The van der Waals surface area contributed by atoms with Crippen molar-refractivity contribution in [3.8, 4) is 28.7 Å². The Hall–Kier alpha value is -2.86. The Balaban J connectivity index is 0.000000150. The number of aryl methyl sites for hydroxylation is 2. The summed E-state index contributed by atoms with van der Waals surface area (Å²) in [5.41, 5.74) is 8.75. The average molecular weight is 1960 g/mol. The minimum atomic E-state index is 0.406. The lowest BCUT2D eigenvalue weighted by Crippen LogP contribution is -2.58. The molecule has 0 atom stereocenters. The molecule has 0 aliphatic heterocycles. The van der Waals surface area contributed by atoms with Gasteiger partial charge in [0.2, 0.25) is 0 Å². The Morgan fingerprint density at radius 3 is 0.669 bits per heavy atom. The second-order valence-corrected chi connectivity index (χ2v) is 43.8. The van der Waals surface area contributed by atoms with E-state index in [-0.39, 0.29) is 0 Å². The number of ether oxygens (including phenoxy) is 3. The molecule has 0 radical (unpaired) electrons. The first-order chi connectivity index (χ1) is 57.0. The molecule has 25 rings (SSSR count). The summed E-state index contributed by atoms with van der Waals surface area (Å²) in [6.07, 6.45) is 49.3. The number of aliphatic hydroxyl groups excluding tert-OH is 6. The van der Waals surface area contributed by atoms with Crippen molar-refractivity contribution in [2.75, 3.05) is 85.1 Å². The van der Waals surface area contributed by atoms with Crippen molar-refractivity contribution in [3.63, 3.8) is 0 Å². The van der Waals surface area contributed by atoms with E-state index >= 15 is 0 Å². The summed E-state index contributed by atoms with van der Waals surface area (Å²) >= 11 is 17.9. The maximum absolute atomic E-state index is 10.1. The van der Waals surface area contributed by atoms with Crippen molar-refractivity contribution in [1.82, 2.24) is 14.7 Å². The third-order valence-electron chi connectivity index (χ3n) is 31.7. The van der Waals surface area contributed by atoms with Gasteiger partial charge >= 0.3 is 0 Å². The van der Waals surface area contributed by atoms with E-state index in [4.69, 9.17) is 44.8 Å². The SMILES string of the molecule is CN(Cc1cc(Br)ccc1O)C12CC3CC(CC(C3)C1)C2.CN(Cc1cc(Br)ccc1O)C12CC3CC(CC(C3)C1)C2.CO.CO.CO.CO.CO.CO.COc1ccc(Br)cc1CCC12CC3CC(CC(C3)C1)C2.COc1ccc(Br)cc1CCC12CC3CC(CC(C3)C1)C2.COc1ccc(Br)cc1CN(C)C12CC3CC(CC(C3)C1)C2. The van der Waals surface area contributed by atoms with Gasteiger partial charge in [-0.2, -0.15) is 0 Å². The fourth-order valence-corrected chi connectivity index (χ4v) is 31.0. The lowest BCUT2D eigenvalue weighted by Gasteiger charge is -2.60. The number of phenols is 2. The minimum absolute atomic E-state index is 0.406. The number of hydrogen-bond donors (Lipinski definition) is 8. The number of rotatable bonds is 18. The molecule has 5 aromatic rings. The van der Waals surface area contributed by atoms with Crippen molar-refractivity contribution in [1.29, 1.82) is 0 Å².